The Balaban J connectivity index is 2.16. The molecule has 0 unspecified atom stereocenters. The Labute approximate surface area is 122 Å². The van der Waals surface area contributed by atoms with Gasteiger partial charge in [-0.05, 0) is 13.8 Å². The fourth-order valence-corrected chi connectivity index (χ4v) is 2.64. The molecule has 0 spiro atoms. The zero-order valence-electron chi connectivity index (χ0n) is 12.0. The van der Waals surface area contributed by atoms with E-state index < -0.39 is 10.0 Å². The Bertz CT molecular complexity index is 696. The summed E-state index contributed by atoms with van der Waals surface area (Å²) in [5, 5.41) is 9.49. The highest BCUT2D eigenvalue weighted by molar-refractivity contribution is 7.89. The zero-order valence-corrected chi connectivity index (χ0v) is 12.8. The van der Waals surface area contributed by atoms with Crippen molar-refractivity contribution in [1.82, 2.24) is 29.5 Å². The number of anilines is 1. The molecule has 21 heavy (non-hydrogen) atoms. The number of hydrogen-bond acceptors (Lipinski definition) is 7. The lowest BCUT2D eigenvalue weighted by molar-refractivity contribution is 0.456. The molecule has 10 heteroatoms. The van der Waals surface area contributed by atoms with Crippen LogP contribution in [0.2, 0.25) is 0 Å². The van der Waals surface area contributed by atoms with Crippen molar-refractivity contribution in [3.8, 4) is 0 Å². The molecule has 0 aliphatic carbocycles. The van der Waals surface area contributed by atoms with Gasteiger partial charge in [0.25, 0.3) is 0 Å². The molecule has 0 amide bonds. The summed E-state index contributed by atoms with van der Waals surface area (Å²) in [4.78, 5) is 12.0. The third-order valence-corrected chi connectivity index (χ3v) is 4.44. The maximum Gasteiger partial charge on any atom is 0.246 e. The van der Waals surface area contributed by atoms with Gasteiger partial charge in [0.05, 0.1) is 18.9 Å². The molecule has 9 nitrogen and oxygen atoms in total. The molecule has 2 N–H and O–H groups in total. The summed E-state index contributed by atoms with van der Waals surface area (Å²) in [5.74, 6) is 1.43. The number of aryl methyl sites for hydroxylation is 1. The van der Waals surface area contributed by atoms with Gasteiger partial charge >= 0.3 is 0 Å². The molecule has 0 saturated heterocycles. The molecule has 2 rings (SSSR count). The quantitative estimate of drug-likeness (QED) is 0.780. The lowest BCUT2D eigenvalue weighted by Gasteiger charge is -2.15. The first kappa shape index (κ1) is 15.3. The van der Waals surface area contributed by atoms with E-state index in [9.17, 15) is 8.42 Å². The molecule has 2 aromatic rings. The predicted octanol–water partition coefficient (Wildman–Crippen LogP) is 0.156. The summed E-state index contributed by atoms with van der Waals surface area (Å²) >= 11 is 0. The second-order valence-electron chi connectivity index (χ2n) is 4.37. The van der Waals surface area contributed by atoms with Gasteiger partial charge < -0.3 is 5.32 Å². The summed E-state index contributed by atoms with van der Waals surface area (Å²) < 4.78 is 25.9. The van der Waals surface area contributed by atoms with Crippen molar-refractivity contribution in [2.75, 3.05) is 18.9 Å². The molecule has 0 aliphatic heterocycles. The highest BCUT2D eigenvalue weighted by Crippen LogP contribution is 2.14. The van der Waals surface area contributed by atoms with Crippen molar-refractivity contribution < 1.29 is 8.42 Å². The summed E-state index contributed by atoms with van der Waals surface area (Å²) in [7, 11) is -2.22. The fraction of sp³-hybridized carbons (Fsp3) is 0.455. The minimum atomic E-state index is -3.67. The van der Waals surface area contributed by atoms with Crippen molar-refractivity contribution >= 4 is 16.0 Å². The van der Waals surface area contributed by atoms with Crippen LogP contribution in [0.5, 0.6) is 0 Å². The van der Waals surface area contributed by atoms with E-state index in [1.165, 1.54) is 19.4 Å². The maximum absolute atomic E-state index is 12.4. The second-order valence-corrected chi connectivity index (χ2v) is 6.42. The Hall–Kier alpha value is -2.07. The van der Waals surface area contributed by atoms with Crippen LogP contribution >= 0.6 is 0 Å². The van der Waals surface area contributed by atoms with Crippen LogP contribution in [-0.4, -0.2) is 51.5 Å². The average molecular weight is 311 g/mol. The Morgan fingerprint density at radius 1 is 1.33 bits per heavy atom. The second kappa shape index (κ2) is 6.14. The molecule has 0 atom stereocenters. The number of aromatic nitrogens is 5. The first-order valence-electron chi connectivity index (χ1n) is 6.33. The number of sulfonamides is 1. The topological polar surface area (TPSA) is 117 Å². The fourth-order valence-electron chi connectivity index (χ4n) is 1.62. The van der Waals surface area contributed by atoms with Gasteiger partial charge in [0.2, 0.25) is 16.0 Å². The van der Waals surface area contributed by atoms with Crippen molar-refractivity contribution in [1.29, 1.82) is 0 Å². The number of hydrogen-bond donors (Lipinski definition) is 2. The molecule has 114 valence electrons. The molecule has 0 saturated carbocycles. The number of nitrogens with one attached hydrogen (secondary N) is 2. The molecule has 0 fully saturated rings. The average Bonchev–Trinajstić information content (AvgIpc) is 2.85. The summed E-state index contributed by atoms with van der Waals surface area (Å²) in [6.07, 6.45) is 2.56. The van der Waals surface area contributed by atoms with Crippen LogP contribution in [0.4, 0.5) is 5.95 Å². The van der Waals surface area contributed by atoms with E-state index in [4.69, 9.17) is 0 Å². The van der Waals surface area contributed by atoms with Crippen LogP contribution in [0.15, 0.2) is 17.3 Å². The third kappa shape index (κ3) is 3.52. The van der Waals surface area contributed by atoms with Crippen molar-refractivity contribution in [2.24, 2.45) is 0 Å². The third-order valence-electron chi connectivity index (χ3n) is 2.68. The molecule has 0 bridgehead atoms. The molecule has 0 aromatic carbocycles. The van der Waals surface area contributed by atoms with E-state index in [0.717, 1.165) is 4.31 Å². The van der Waals surface area contributed by atoms with Gasteiger partial charge in [-0.3, -0.25) is 5.10 Å². The van der Waals surface area contributed by atoms with Gasteiger partial charge in [0.1, 0.15) is 10.7 Å². The van der Waals surface area contributed by atoms with Crippen LogP contribution in [0.1, 0.15) is 18.6 Å². The summed E-state index contributed by atoms with van der Waals surface area (Å²) in [5.41, 5.74) is 0. The normalized spacial score (nSPS) is 11.8. The molecule has 2 heterocycles. The summed E-state index contributed by atoms with van der Waals surface area (Å²) in [6.45, 7) is 4.39. The molecule has 0 aliphatic rings. The Morgan fingerprint density at radius 3 is 2.52 bits per heavy atom. The van der Waals surface area contributed by atoms with Crippen LogP contribution in [0.25, 0.3) is 0 Å². The highest BCUT2D eigenvalue weighted by atomic mass is 32.2. The monoisotopic (exact) mass is 311 g/mol. The lowest BCUT2D eigenvalue weighted by Crippen LogP contribution is -2.27. The van der Waals surface area contributed by atoms with Gasteiger partial charge in [0.15, 0.2) is 5.82 Å². The van der Waals surface area contributed by atoms with Crippen LogP contribution < -0.4 is 5.32 Å². The predicted molar refractivity (Wildman–Crippen MR) is 76.0 cm³/mol. The van der Waals surface area contributed by atoms with Gasteiger partial charge in [-0.1, -0.05) is 0 Å². The molecular formula is C11H17N7O2S. The molecule has 2 aromatic heterocycles. The van der Waals surface area contributed by atoms with E-state index in [1.807, 2.05) is 6.92 Å². The molecule has 0 radical (unpaired) electrons. The largest absolute Gasteiger partial charge is 0.355 e. The minimum Gasteiger partial charge on any atom is -0.355 e. The van der Waals surface area contributed by atoms with Gasteiger partial charge in [0, 0.05) is 13.6 Å². The standard InChI is InChI=1S/C11H17N7O2S/c1-4-12-11-13-5-9(6-14-11)21(19,20)18(3)7-10-15-8(2)16-17-10/h5-6H,4,7H2,1-3H3,(H,12,13,14)(H,15,16,17). The van der Waals surface area contributed by atoms with E-state index >= 15 is 0 Å². The van der Waals surface area contributed by atoms with Crippen molar-refractivity contribution in [3.05, 3.63) is 24.0 Å². The van der Waals surface area contributed by atoms with Gasteiger partial charge in [-0.15, -0.1) is 0 Å². The van der Waals surface area contributed by atoms with E-state index in [2.05, 4.69) is 30.5 Å². The first-order chi connectivity index (χ1) is 9.93. The minimum absolute atomic E-state index is 0.0268. The number of rotatable bonds is 6. The van der Waals surface area contributed by atoms with Crippen molar-refractivity contribution in [2.45, 2.75) is 25.3 Å². The van der Waals surface area contributed by atoms with Crippen LogP contribution in [-0.2, 0) is 16.6 Å². The van der Waals surface area contributed by atoms with E-state index in [0.29, 0.717) is 24.1 Å². The Kier molecular flexibility index (Phi) is 4.48. The maximum atomic E-state index is 12.4. The van der Waals surface area contributed by atoms with Gasteiger partial charge in [-0.25, -0.2) is 23.4 Å². The lowest BCUT2D eigenvalue weighted by atomic mass is 10.6. The number of aromatic amines is 1. The highest BCUT2D eigenvalue weighted by Gasteiger charge is 2.23. The van der Waals surface area contributed by atoms with Crippen LogP contribution in [0, 0.1) is 6.92 Å². The van der Waals surface area contributed by atoms with E-state index in [1.54, 1.807) is 6.92 Å². The van der Waals surface area contributed by atoms with E-state index in [-0.39, 0.29) is 11.4 Å². The smallest absolute Gasteiger partial charge is 0.246 e. The number of nitrogens with zero attached hydrogens (tertiary/aromatic N) is 5. The Morgan fingerprint density at radius 2 is 2.00 bits per heavy atom. The van der Waals surface area contributed by atoms with Gasteiger partial charge in [-0.2, -0.15) is 9.40 Å². The SMILES string of the molecule is CCNc1ncc(S(=O)(=O)N(C)Cc2n[nH]c(C)n2)cn1. The van der Waals surface area contributed by atoms with Crippen molar-refractivity contribution in [3.63, 3.8) is 0 Å². The van der Waals surface area contributed by atoms with Crippen LogP contribution in [0.3, 0.4) is 0 Å². The first-order valence-corrected chi connectivity index (χ1v) is 7.77. The summed E-state index contributed by atoms with van der Waals surface area (Å²) in [6, 6.07) is 0. The number of H-pyrrole nitrogens is 1. The molecular weight excluding hydrogens is 294 g/mol. The zero-order chi connectivity index (χ0) is 15.5.